The topological polar surface area (TPSA) is 55.6 Å². The summed E-state index contributed by atoms with van der Waals surface area (Å²) < 4.78 is 45.7. The number of hydrogen-bond acceptors (Lipinski definition) is 4. The number of alkyl halides is 3. The van der Waals surface area contributed by atoms with Gasteiger partial charge in [0, 0.05) is 27.3 Å². The van der Waals surface area contributed by atoms with Crippen molar-refractivity contribution in [2.75, 3.05) is 5.32 Å². The van der Waals surface area contributed by atoms with Crippen LogP contribution in [-0.4, -0.2) is 15.5 Å². The van der Waals surface area contributed by atoms with Crippen molar-refractivity contribution in [1.82, 2.24) is 9.38 Å². The van der Waals surface area contributed by atoms with E-state index in [-0.39, 0.29) is 12.3 Å². The van der Waals surface area contributed by atoms with Crippen molar-refractivity contribution in [2.24, 2.45) is 0 Å². The van der Waals surface area contributed by atoms with E-state index in [1.54, 1.807) is 12.1 Å². The largest absolute Gasteiger partial charge is 0.443 e. The van der Waals surface area contributed by atoms with E-state index < -0.39 is 17.8 Å². The lowest BCUT2D eigenvalue weighted by molar-refractivity contribution is -0.137. The Labute approximate surface area is 184 Å². The molecule has 0 spiro atoms. The minimum atomic E-state index is -4.50. The van der Waals surface area contributed by atoms with Crippen LogP contribution >= 0.6 is 22.9 Å². The molecule has 0 atom stereocenters. The number of halogens is 4. The quantitative estimate of drug-likeness (QED) is 0.361. The average Bonchev–Trinajstić information content (AvgIpc) is 3.22. The van der Waals surface area contributed by atoms with E-state index in [9.17, 15) is 18.0 Å². The number of hydrogen-bond donors (Lipinski definition) is 1. The first-order chi connectivity index (χ1) is 14.7. The van der Waals surface area contributed by atoms with Crippen molar-refractivity contribution >= 4 is 39.7 Å². The number of anilines is 1. The lowest BCUT2D eigenvalue weighted by Crippen LogP contribution is -2.15. The fourth-order valence-corrected chi connectivity index (χ4v) is 4.01. The molecule has 2 heterocycles. The second kappa shape index (κ2) is 8.24. The highest BCUT2D eigenvalue weighted by molar-refractivity contribution is 7.17. The number of aromatic nitrogens is 2. The molecule has 0 fully saturated rings. The zero-order valence-corrected chi connectivity index (χ0v) is 17.6. The summed E-state index contributed by atoms with van der Waals surface area (Å²) in [5.74, 6) is 0. The van der Waals surface area contributed by atoms with Gasteiger partial charge in [0.2, 0.25) is 0 Å². The van der Waals surface area contributed by atoms with E-state index in [4.69, 9.17) is 16.3 Å². The van der Waals surface area contributed by atoms with E-state index in [0.29, 0.717) is 16.4 Å². The Morgan fingerprint density at radius 3 is 2.68 bits per heavy atom. The number of carbonyl (C=O) groups excluding carboxylic acids is 1. The molecule has 0 radical (unpaired) electrons. The van der Waals surface area contributed by atoms with Crippen LogP contribution in [0.2, 0.25) is 5.02 Å². The Bertz CT molecular complexity index is 1250. The van der Waals surface area contributed by atoms with Gasteiger partial charge in [0.05, 0.1) is 17.0 Å². The van der Waals surface area contributed by atoms with Crippen LogP contribution in [-0.2, 0) is 17.5 Å². The van der Waals surface area contributed by atoms with Gasteiger partial charge in [-0.05, 0) is 37.3 Å². The fourth-order valence-electron chi connectivity index (χ4n) is 3.04. The second-order valence-electron chi connectivity index (χ2n) is 6.69. The van der Waals surface area contributed by atoms with E-state index >= 15 is 0 Å². The SMILES string of the molecule is Cc1cn2c(COC(=O)Nc3cccc(C(F)(F)F)c3)c(-c3ccc(Cl)cc3)nc2s1. The fraction of sp³-hybridized carbons (Fsp3) is 0.143. The molecule has 31 heavy (non-hydrogen) atoms. The maximum atomic E-state index is 12.9. The summed E-state index contributed by atoms with van der Waals surface area (Å²) in [6.45, 7) is 1.81. The molecule has 0 aliphatic rings. The number of aryl methyl sites for hydroxylation is 1. The van der Waals surface area contributed by atoms with Gasteiger partial charge in [-0.2, -0.15) is 13.2 Å². The standard InChI is InChI=1S/C21H15ClF3N3O2S/c1-12-10-28-17(18(27-19(28)31-12)13-5-7-15(22)8-6-13)11-30-20(29)26-16-4-2-3-14(9-16)21(23,24)25/h2-10H,11H2,1H3,(H,26,29). The Morgan fingerprint density at radius 1 is 1.23 bits per heavy atom. The van der Waals surface area contributed by atoms with Gasteiger partial charge in [0.1, 0.15) is 6.61 Å². The number of carbonyl (C=O) groups is 1. The van der Waals surface area contributed by atoms with E-state index in [2.05, 4.69) is 10.3 Å². The first-order valence-electron chi connectivity index (χ1n) is 9.05. The van der Waals surface area contributed by atoms with Gasteiger partial charge < -0.3 is 4.74 Å². The van der Waals surface area contributed by atoms with Crippen molar-refractivity contribution < 1.29 is 22.7 Å². The molecular formula is C21H15ClF3N3O2S. The van der Waals surface area contributed by atoms with Gasteiger partial charge in [-0.25, -0.2) is 9.78 Å². The molecule has 5 nitrogen and oxygen atoms in total. The van der Waals surface area contributed by atoms with Crippen LogP contribution in [0.15, 0.2) is 54.7 Å². The summed E-state index contributed by atoms with van der Waals surface area (Å²) in [6, 6.07) is 11.4. The summed E-state index contributed by atoms with van der Waals surface area (Å²) in [5.41, 5.74) is 1.20. The van der Waals surface area contributed by atoms with Crippen molar-refractivity contribution in [3.05, 3.63) is 75.9 Å². The molecule has 10 heteroatoms. The van der Waals surface area contributed by atoms with Gasteiger partial charge in [-0.15, -0.1) is 11.3 Å². The zero-order chi connectivity index (χ0) is 22.2. The minimum absolute atomic E-state index is 0.0115. The highest BCUT2D eigenvalue weighted by atomic mass is 35.5. The molecule has 4 aromatic rings. The lowest BCUT2D eigenvalue weighted by Gasteiger charge is -2.11. The molecule has 1 N–H and O–H groups in total. The Morgan fingerprint density at radius 2 is 1.97 bits per heavy atom. The predicted molar refractivity (Wildman–Crippen MR) is 114 cm³/mol. The maximum absolute atomic E-state index is 12.9. The molecule has 0 bridgehead atoms. The van der Waals surface area contributed by atoms with E-state index in [1.807, 2.05) is 29.7 Å². The second-order valence-corrected chi connectivity index (χ2v) is 8.34. The van der Waals surface area contributed by atoms with Crippen LogP contribution in [0.3, 0.4) is 0 Å². The molecule has 1 amide bonds. The van der Waals surface area contributed by atoms with Crippen molar-refractivity contribution in [3.8, 4) is 11.3 Å². The molecule has 4 rings (SSSR count). The summed E-state index contributed by atoms with van der Waals surface area (Å²) in [7, 11) is 0. The number of imidazole rings is 1. The van der Waals surface area contributed by atoms with Crippen molar-refractivity contribution in [3.63, 3.8) is 0 Å². The molecule has 0 saturated heterocycles. The smallest absolute Gasteiger partial charge is 0.416 e. The molecule has 0 saturated carbocycles. The Balaban J connectivity index is 1.55. The van der Waals surface area contributed by atoms with Gasteiger partial charge in [0.25, 0.3) is 0 Å². The number of benzene rings is 2. The van der Waals surface area contributed by atoms with Crippen LogP contribution in [0.4, 0.5) is 23.7 Å². The number of amides is 1. The summed E-state index contributed by atoms with van der Waals surface area (Å²) in [5, 5.41) is 2.91. The Hall–Kier alpha value is -3.04. The van der Waals surface area contributed by atoms with Crippen LogP contribution in [0.5, 0.6) is 0 Å². The summed E-state index contributed by atoms with van der Waals surface area (Å²) in [4.78, 5) is 18.6. The van der Waals surface area contributed by atoms with Gasteiger partial charge in [-0.1, -0.05) is 29.8 Å². The molecule has 2 aromatic heterocycles. The number of nitrogens with zero attached hydrogens (tertiary/aromatic N) is 2. The number of ether oxygens (including phenoxy) is 1. The van der Waals surface area contributed by atoms with Gasteiger partial charge in [0.15, 0.2) is 4.96 Å². The van der Waals surface area contributed by atoms with E-state index in [0.717, 1.165) is 27.5 Å². The van der Waals surface area contributed by atoms with Gasteiger partial charge >= 0.3 is 12.3 Å². The monoisotopic (exact) mass is 465 g/mol. The van der Waals surface area contributed by atoms with Crippen LogP contribution in [0, 0.1) is 6.92 Å². The maximum Gasteiger partial charge on any atom is 0.416 e. The van der Waals surface area contributed by atoms with Crippen LogP contribution in [0.1, 0.15) is 16.1 Å². The van der Waals surface area contributed by atoms with E-state index in [1.165, 1.54) is 23.5 Å². The van der Waals surface area contributed by atoms with Gasteiger partial charge in [-0.3, -0.25) is 9.72 Å². The molecule has 2 aromatic carbocycles. The van der Waals surface area contributed by atoms with Crippen LogP contribution in [0.25, 0.3) is 16.2 Å². The molecule has 160 valence electrons. The third-order valence-corrected chi connectivity index (χ3v) is 5.58. The number of rotatable bonds is 4. The molecule has 0 unspecified atom stereocenters. The summed E-state index contributed by atoms with van der Waals surface area (Å²) >= 11 is 7.45. The first-order valence-corrected chi connectivity index (χ1v) is 10.2. The number of thiazole rings is 1. The third kappa shape index (κ3) is 4.67. The van der Waals surface area contributed by atoms with Crippen molar-refractivity contribution in [2.45, 2.75) is 19.7 Å². The third-order valence-electron chi connectivity index (χ3n) is 4.43. The normalized spacial score (nSPS) is 11.6. The predicted octanol–water partition coefficient (Wildman–Crippen LogP) is 6.79. The summed E-state index contributed by atoms with van der Waals surface area (Å²) in [6.07, 6.45) is -3.49. The Kier molecular flexibility index (Phi) is 5.63. The highest BCUT2D eigenvalue weighted by Gasteiger charge is 2.30. The average molecular weight is 466 g/mol. The molecule has 0 aliphatic carbocycles. The number of nitrogens with one attached hydrogen (secondary N) is 1. The molecule has 0 aliphatic heterocycles. The number of fused-ring (bicyclic) bond motifs is 1. The molecular weight excluding hydrogens is 451 g/mol. The minimum Gasteiger partial charge on any atom is -0.443 e. The first kappa shape index (κ1) is 21.2. The van der Waals surface area contributed by atoms with Crippen molar-refractivity contribution in [1.29, 1.82) is 0 Å². The zero-order valence-electron chi connectivity index (χ0n) is 16.0. The van der Waals surface area contributed by atoms with Crippen LogP contribution < -0.4 is 5.32 Å². The highest BCUT2D eigenvalue weighted by Crippen LogP contribution is 2.31. The lowest BCUT2D eigenvalue weighted by atomic mass is 10.1.